The van der Waals surface area contributed by atoms with Crippen LogP contribution in [0.4, 0.5) is 5.69 Å². The predicted molar refractivity (Wildman–Crippen MR) is 94.6 cm³/mol. The lowest BCUT2D eigenvalue weighted by atomic mass is 10.2. The average Bonchev–Trinajstić information content (AvgIpc) is 2.62. The Labute approximate surface area is 143 Å². The van der Waals surface area contributed by atoms with E-state index in [-0.39, 0.29) is 11.2 Å². The van der Waals surface area contributed by atoms with E-state index in [1.54, 1.807) is 24.3 Å². The molecule has 3 rings (SSSR count). The minimum Gasteiger partial charge on any atom is -0.324 e. The van der Waals surface area contributed by atoms with Gasteiger partial charge in [-0.15, -0.1) is 0 Å². The van der Waals surface area contributed by atoms with Crippen LogP contribution in [0.15, 0.2) is 59.9 Å². The van der Waals surface area contributed by atoms with E-state index in [1.807, 2.05) is 31.2 Å². The van der Waals surface area contributed by atoms with Crippen molar-refractivity contribution in [1.29, 1.82) is 5.26 Å². The van der Waals surface area contributed by atoms with Gasteiger partial charge in [0.25, 0.3) is 0 Å². The molecule has 3 aromatic rings. The number of fused-ring (bicyclic) bond motifs is 1. The van der Waals surface area contributed by atoms with E-state index >= 15 is 0 Å². The van der Waals surface area contributed by atoms with Crippen molar-refractivity contribution in [3.8, 4) is 6.07 Å². The van der Waals surface area contributed by atoms with Crippen LogP contribution in [0.5, 0.6) is 0 Å². The molecule has 5 nitrogen and oxygen atoms in total. The summed E-state index contributed by atoms with van der Waals surface area (Å²) in [6.07, 6.45) is 1.50. The Bertz CT molecular complexity index is 930. The number of carbonyl (C=O) groups excluding carboxylic acids is 1. The standard InChI is InChI=1S/C18H14N4OS/c1-12(17(23)22-15-8-4-2-6-13(15)10-19)24-18-14-7-3-5-9-16(14)20-11-21-18/h2-9,11-12H,1H3,(H,22,23)/t12-/m0/s1. The minimum absolute atomic E-state index is 0.176. The Morgan fingerprint density at radius 2 is 1.92 bits per heavy atom. The van der Waals surface area contributed by atoms with Crippen LogP contribution in [-0.4, -0.2) is 21.1 Å². The van der Waals surface area contributed by atoms with E-state index in [0.717, 1.165) is 15.9 Å². The molecule has 0 unspecified atom stereocenters. The van der Waals surface area contributed by atoms with Crippen LogP contribution in [0.1, 0.15) is 12.5 Å². The Kier molecular flexibility index (Phi) is 4.73. The summed E-state index contributed by atoms with van der Waals surface area (Å²) < 4.78 is 0. The zero-order valence-corrected chi connectivity index (χ0v) is 13.7. The molecule has 0 aliphatic heterocycles. The molecule has 24 heavy (non-hydrogen) atoms. The maximum atomic E-state index is 12.4. The number of rotatable bonds is 4. The van der Waals surface area contributed by atoms with Crippen molar-refractivity contribution in [3.05, 3.63) is 60.4 Å². The SMILES string of the molecule is C[C@H](Sc1ncnc2ccccc12)C(=O)Nc1ccccc1C#N. The zero-order chi connectivity index (χ0) is 16.9. The van der Waals surface area contributed by atoms with E-state index in [0.29, 0.717) is 11.3 Å². The number of amides is 1. The third-order valence-corrected chi connectivity index (χ3v) is 4.59. The smallest absolute Gasteiger partial charge is 0.237 e. The third kappa shape index (κ3) is 3.36. The fourth-order valence-corrected chi connectivity index (χ4v) is 3.13. The molecule has 1 aromatic heterocycles. The number of nitrogens with one attached hydrogen (secondary N) is 1. The fraction of sp³-hybridized carbons (Fsp3) is 0.111. The number of para-hydroxylation sites is 2. The lowest BCUT2D eigenvalue weighted by Crippen LogP contribution is -2.23. The van der Waals surface area contributed by atoms with E-state index in [9.17, 15) is 4.79 Å². The summed E-state index contributed by atoms with van der Waals surface area (Å²) in [5, 5.41) is 13.2. The van der Waals surface area contributed by atoms with Gasteiger partial charge in [-0.05, 0) is 25.1 Å². The number of aromatic nitrogens is 2. The minimum atomic E-state index is -0.366. The van der Waals surface area contributed by atoms with Crippen LogP contribution in [0.2, 0.25) is 0 Å². The van der Waals surface area contributed by atoms with Gasteiger partial charge in [0.1, 0.15) is 17.4 Å². The summed E-state index contributed by atoms with van der Waals surface area (Å²) in [5.74, 6) is -0.176. The van der Waals surface area contributed by atoms with Gasteiger partial charge in [-0.1, -0.05) is 42.1 Å². The van der Waals surface area contributed by atoms with Crippen LogP contribution in [-0.2, 0) is 4.79 Å². The Hall–Kier alpha value is -2.91. The highest BCUT2D eigenvalue weighted by Crippen LogP contribution is 2.28. The van der Waals surface area contributed by atoms with E-state index < -0.39 is 0 Å². The molecule has 0 aliphatic rings. The van der Waals surface area contributed by atoms with Crippen molar-refractivity contribution in [1.82, 2.24) is 9.97 Å². The molecule has 0 radical (unpaired) electrons. The first-order valence-corrected chi connectivity index (χ1v) is 8.23. The molecular weight excluding hydrogens is 320 g/mol. The normalized spacial score (nSPS) is 11.7. The maximum absolute atomic E-state index is 12.4. The molecule has 118 valence electrons. The second-order valence-electron chi connectivity index (χ2n) is 5.10. The summed E-state index contributed by atoms with van der Waals surface area (Å²) in [6, 6.07) is 16.7. The van der Waals surface area contributed by atoms with Gasteiger partial charge in [-0.3, -0.25) is 4.79 Å². The van der Waals surface area contributed by atoms with Crippen molar-refractivity contribution in [3.63, 3.8) is 0 Å². The summed E-state index contributed by atoms with van der Waals surface area (Å²) >= 11 is 1.37. The first-order valence-electron chi connectivity index (χ1n) is 7.35. The summed E-state index contributed by atoms with van der Waals surface area (Å²) in [6.45, 7) is 1.81. The molecule has 0 fully saturated rings. The Balaban J connectivity index is 1.78. The quantitative estimate of drug-likeness (QED) is 0.582. The molecule has 1 amide bonds. The first-order chi connectivity index (χ1) is 11.7. The van der Waals surface area contributed by atoms with Gasteiger partial charge in [0.2, 0.25) is 5.91 Å². The molecule has 1 heterocycles. The monoisotopic (exact) mass is 334 g/mol. The van der Waals surface area contributed by atoms with Gasteiger partial charge in [0, 0.05) is 5.39 Å². The topological polar surface area (TPSA) is 78.7 Å². The molecule has 2 aromatic carbocycles. The number of carbonyl (C=O) groups is 1. The first kappa shape index (κ1) is 16.0. The van der Waals surface area contributed by atoms with Gasteiger partial charge in [-0.25, -0.2) is 9.97 Å². The highest BCUT2D eigenvalue weighted by molar-refractivity contribution is 8.00. The van der Waals surface area contributed by atoms with Crippen molar-refractivity contribution in [2.24, 2.45) is 0 Å². The van der Waals surface area contributed by atoms with Gasteiger partial charge in [0.05, 0.1) is 22.0 Å². The number of nitrogens with zero attached hydrogens (tertiary/aromatic N) is 3. The number of benzene rings is 2. The van der Waals surface area contributed by atoms with Crippen LogP contribution < -0.4 is 5.32 Å². The molecule has 0 spiro atoms. The number of hydrogen-bond acceptors (Lipinski definition) is 5. The molecular formula is C18H14N4OS. The van der Waals surface area contributed by atoms with Crippen molar-refractivity contribution >= 4 is 34.3 Å². The predicted octanol–water partition coefficient (Wildman–Crippen LogP) is 3.62. The van der Waals surface area contributed by atoms with Crippen LogP contribution in [0.25, 0.3) is 10.9 Å². The number of hydrogen-bond donors (Lipinski definition) is 1. The third-order valence-electron chi connectivity index (χ3n) is 3.47. The molecule has 0 aliphatic carbocycles. The van der Waals surface area contributed by atoms with Crippen LogP contribution in [0.3, 0.4) is 0 Å². The van der Waals surface area contributed by atoms with E-state index in [4.69, 9.17) is 5.26 Å². The van der Waals surface area contributed by atoms with Crippen molar-refractivity contribution in [2.75, 3.05) is 5.32 Å². The molecule has 6 heteroatoms. The van der Waals surface area contributed by atoms with E-state index in [2.05, 4.69) is 21.4 Å². The largest absolute Gasteiger partial charge is 0.324 e. The summed E-state index contributed by atoms with van der Waals surface area (Å²) in [7, 11) is 0. The average molecular weight is 334 g/mol. The highest BCUT2D eigenvalue weighted by atomic mass is 32.2. The lowest BCUT2D eigenvalue weighted by molar-refractivity contribution is -0.115. The zero-order valence-electron chi connectivity index (χ0n) is 12.9. The molecule has 0 saturated carbocycles. The Morgan fingerprint density at radius 1 is 1.17 bits per heavy atom. The molecule has 0 bridgehead atoms. The maximum Gasteiger partial charge on any atom is 0.237 e. The summed E-state index contributed by atoms with van der Waals surface area (Å²) in [5.41, 5.74) is 1.80. The molecule has 0 saturated heterocycles. The highest BCUT2D eigenvalue weighted by Gasteiger charge is 2.18. The van der Waals surface area contributed by atoms with Crippen molar-refractivity contribution in [2.45, 2.75) is 17.2 Å². The summed E-state index contributed by atoms with van der Waals surface area (Å²) in [4.78, 5) is 20.9. The van der Waals surface area contributed by atoms with Crippen molar-refractivity contribution < 1.29 is 4.79 Å². The van der Waals surface area contributed by atoms with Gasteiger partial charge in [-0.2, -0.15) is 5.26 Å². The van der Waals surface area contributed by atoms with Gasteiger partial charge >= 0.3 is 0 Å². The number of thioether (sulfide) groups is 1. The van der Waals surface area contributed by atoms with Gasteiger partial charge < -0.3 is 5.32 Å². The second-order valence-corrected chi connectivity index (χ2v) is 6.43. The van der Waals surface area contributed by atoms with E-state index in [1.165, 1.54) is 18.1 Å². The Morgan fingerprint density at radius 3 is 2.75 bits per heavy atom. The number of anilines is 1. The second kappa shape index (κ2) is 7.11. The molecule has 1 N–H and O–H groups in total. The molecule has 1 atom stereocenters. The lowest BCUT2D eigenvalue weighted by Gasteiger charge is -2.13. The number of nitriles is 1. The van der Waals surface area contributed by atoms with Crippen LogP contribution in [0, 0.1) is 11.3 Å². The fourth-order valence-electron chi connectivity index (χ4n) is 2.22. The van der Waals surface area contributed by atoms with Crippen LogP contribution >= 0.6 is 11.8 Å². The van der Waals surface area contributed by atoms with Gasteiger partial charge in [0.15, 0.2) is 0 Å².